The van der Waals surface area contributed by atoms with Gasteiger partial charge in [0.05, 0.1) is 0 Å². The predicted octanol–water partition coefficient (Wildman–Crippen LogP) is -1.91. The standard InChI is InChI=1S/C11H10O8.3Na.3H/c12-8(13)6-18-11(9(14)15,10(16)17)19-7-4-2-1-3-5-7;;;;;;/h1-5H,6H2,(H,12,13)(H,14,15)(H,16,17);;;;;;. The van der Waals surface area contributed by atoms with Gasteiger partial charge < -0.3 is 24.8 Å². The van der Waals surface area contributed by atoms with Gasteiger partial charge in [-0.05, 0) is 12.1 Å². The van der Waals surface area contributed by atoms with Crippen LogP contribution in [0.4, 0.5) is 0 Å². The zero-order valence-electron chi connectivity index (χ0n) is 9.48. The molecule has 3 N–H and O–H groups in total. The molecule has 0 amide bonds. The number of ether oxygens (including phenoxy) is 2. The number of aliphatic carboxylic acids is 3. The number of carboxylic acid groups (broad SMARTS) is 3. The average molecular weight is 342 g/mol. The summed E-state index contributed by atoms with van der Waals surface area (Å²) in [4.78, 5) is 32.5. The van der Waals surface area contributed by atoms with Crippen LogP contribution >= 0.6 is 0 Å². The Balaban J connectivity index is -0.00000120. The monoisotopic (exact) mass is 342 g/mol. The maximum atomic E-state index is 11.1. The van der Waals surface area contributed by atoms with Crippen LogP contribution in [0.1, 0.15) is 0 Å². The second kappa shape index (κ2) is 12.8. The average Bonchev–Trinajstić information content (AvgIpc) is 2.34. The molecule has 0 aliphatic heterocycles. The third-order valence-corrected chi connectivity index (χ3v) is 1.97. The number of rotatable bonds is 7. The van der Waals surface area contributed by atoms with E-state index < -0.39 is 30.3 Å². The first kappa shape index (κ1) is 27.2. The fourth-order valence-electron chi connectivity index (χ4n) is 1.15. The molecule has 0 aliphatic carbocycles. The fourth-order valence-corrected chi connectivity index (χ4v) is 1.15. The molecule has 0 aliphatic rings. The molecule has 0 unspecified atom stereocenters. The predicted molar refractivity (Wildman–Crippen MR) is 80.1 cm³/mol. The molecular weight excluding hydrogens is 329 g/mol. The number of carbonyl (C=O) groups is 3. The Labute approximate surface area is 192 Å². The topological polar surface area (TPSA) is 130 Å². The molecule has 1 rings (SSSR count). The van der Waals surface area contributed by atoms with Crippen molar-refractivity contribution in [2.75, 3.05) is 6.61 Å². The second-order valence-corrected chi connectivity index (χ2v) is 3.32. The first-order valence-electron chi connectivity index (χ1n) is 4.95. The van der Waals surface area contributed by atoms with E-state index >= 15 is 0 Å². The van der Waals surface area contributed by atoms with Crippen molar-refractivity contribution in [2.24, 2.45) is 0 Å². The van der Waals surface area contributed by atoms with Gasteiger partial charge in [-0.2, -0.15) is 0 Å². The Hall–Kier alpha value is 0.390. The Kier molecular flexibility index (Phi) is 15.8. The van der Waals surface area contributed by atoms with Crippen molar-refractivity contribution in [1.82, 2.24) is 0 Å². The molecule has 0 heterocycles. The molecule has 0 fully saturated rings. The third kappa shape index (κ3) is 7.78. The molecule has 1 aromatic rings. The Morgan fingerprint density at radius 3 is 1.73 bits per heavy atom. The van der Waals surface area contributed by atoms with Crippen LogP contribution in [0.5, 0.6) is 5.75 Å². The van der Waals surface area contributed by atoms with Crippen LogP contribution < -0.4 is 4.74 Å². The zero-order chi connectivity index (χ0) is 14.5. The van der Waals surface area contributed by atoms with Crippen LogP contribution in [0.2, 0.25) is 0 Å². The molecule has 0 bridgehead atoms. The van der Waals surface area contributed by atoms with Crippen LogP contribution in [0.15, 0.2) is 30.3 Å². The summed E-state index contributed by atoms with van der Waals surface area (Å²) in [7, 11) is 0. The quantitative estimate of drug-likeness (QED) is 0.297. The van der Waals surface area contributed by atoms with E-state index in [9.17, 15) is 14.4 Å². The van der Waals surface area contributed by atoms with E-state index in [0.717, 1.165) is 0 Å². The van der Waals surface area contributed by atoms with Crippen LogP contribution in [-0.4, -0.2) is 134 Å². The van der Waals surface area contributed by atoms with Crippen molar-refractivity contribution >= 4 is 107 Å². The Morgan fingerprint density at radius 2 is 1.36 bits per heavy atom. The summed E-state index contributed by atoms with van der Waals surface area (Å²) in [5.74, 6) is -8.66. The summed E-state index contributed by atoms with van der Waals surface area (Å²) in [5.41, 5.74) is 0. The van der Waals surface area contributed by atoms with Crippen molar-refractivity contribution in [3.05, 3.63) is 30.3 Å². The number of para-hydroxylation sites is 1. The van der Waals surface area contributed by atoms with E-state index in [4.69, 9.17) is 20.1 Å². The van der Waals surface area contributed by atoms with Crippen molar-refractivity contribution in [3.8, 4) is 5.75 Å². The first-order chi connectivity index (χ1) is 8.88. The molecule has 0 saturated heterocycles. The van der Waals surface area contributed by atoms with Crippen LogP contribution in [-0.2, 0) is 19.1 Å². The minimum atomic E-state index is -3.11. The summed E-state index contributed by atoms with van der Waals surface area (Å²) in [6.07, 6.45) is 0. The van der Waals surface area contributed by atoms with Crippen LogP contribution in [0.3, 0.4) is 0 Å². The SMILES string of the molecule is O=C(O)COC(Oc1ccccc1)(C(=O)O)C(=O)O.[NaH].[NaH].[NaH]. The first-order valence-corrected chi connectivity index (χ1v) is 4.95. The fraction of sp³-hybridized carbons (Fsp3) is 0.182. The molecule has 1 aromatic carbocycles. The van der Waals surface area contributed by atoms with Crippen molar-refractivity contribution < 1.29 is 39.2 Å². The molecule has 0 saturated carbocycles. The van der Waals surface area contributed by atoms with Gasteiger partial charge in [0.25, 0.3) is 0 Å². The van der Waals surface area contributed by atoms with Crippen molar-refractivity contribution in [1.29, 1.82) is 0 Å². The molecule has 0 spiro atoms. The maximum absolute atomic E-state index is 11.1. The van der Waals surface area contributed by atoms with E-state index in [2.05, 4.69) is 4.74 Å². The third-order valence-electron chi connectivity index (χ3n) is 1.97. The normalized spacial score (nSPS) is 9.27. The summed E-state index contributed by atoms with van der Waals surface area (Å²) >= 11 is 0. The Bertz CT molecular complexity index is 479. The van der Waals surface area contributed by atoms with Gasteiger partial charge in [0.1, 0.15) is 12.4 Å². The van der Waals surface area contributed by atoms with Gasteiger partial charge in [-0.15, -0.1) is 0 Å². The Morgan fingerprint density at radius 1 is 0.909 bits per heavy atom. The van der Waals surface area contributed by atoms with E-state index in [0.29, 0.717) is 0 Å². The molecule has 22 heavy (non-hydrogen) atoms. The van der Waals surface area contributed by atoms with Gasteiger partial charge in [0, 0.05) is 0 Å². The van der Waals surface area contributed by atoms with Crippen LogP contribution in [0, 0.1) is 0 Å². The summed E-state index contributed by atoms with van der Waals surface area (Å²) < 4.78 is 9.19. The van der Waals surface area contributed by atoms with E-state index in [-0.39, 0.29) is 94.4 Å². The molecular formula is C11H13Na3O8. The minimum absolute atomic E-state index is 0. The second-order valence-electron chi connectivity index (χ2n) is 3.32. The number of hydrogen-bond acceptors (Lipinski definition) is 5. The van der Waals surface area contributed by atoms with Gasteiger partial charge in [-0.1, -0.05) is 18.2 Å². The van der Waals surface area contributed by atoms with Gasteiger partial charge in [-0.3, -0.25) is 0 Å². The van der Waals surface area contributed by atoms with Crippen LogP contribution in [0.25, 0.3) is 0 Å². The molecule has 0 radical (unpaired) electrons. The number of hydrogen-bond donors (Lipinski definition) is 3. The molecule has 0 aromatic heterocycles. The van der Waals surface area contributed by atoms with E-state index in [1.165, 1.54) is 24.3 Å². The zero-order valence-corrected chi connectivity index (χ0v) is 9.48. The summed E-state index contributed by atoms with van der Waals surface area (Å²) in [6, 6.07) is 7.20. The van der Waals surface area contributed by atoms with Gasteiger partial charge >= 0.3 is 112 Å². The summed E-state index contributed by atoms with van der Waals surface area (Å²) in [6.45, 7) is -1.13. The molecule has 8 nitrogen and oxygen atoms in total. The van der Waals surface area contributed by atoms with Crippen molar-refractivity contribution in [2.45, 2.75) is 5.79 Å². The van der Waals surface area contributed by atoms with Gasteiger partial charge in [0.2, 0.25) is 0 Å². The number of benzene rings is 1. The van der Waals surface area contributed by atoms with Gasteiger partial charge in [0.15, 0.2) is 0 Å². The van der Waals surface area contributed by atoms with E-state index in [1.54, 1.807) is 6.07 Å². The molecule has 11 heteroatoms. The summed E-state index contributed by atoms with van der Waals surface area (Å²) in [5, 5.41) is 26.3. The van der Waals surface area contributed by atoms with E-state index in [1.807, 2.05) is 0 Å². The molecule has 0 atom stereocenters. The molecule has 108 valence electrons. The van der Waals surface area contributed by atoms with Crippen molar-refractivity contribution in [3.63, 3.8) is 0 Å². The number of carboxylic acids is 3. The van der Waals surface area contributed by atoms with Gasteiger partial charge in [-0.25, -0.2) is 14.4 Å².